The van der Waals surface area contributed by atoms with Crippen molar-refractivity contribution in [3.8, 4) is 0 Å². The van der Waals surface area contributed by atoms with Gasteiger partial charge in [0.25, 0.3) is 0 Å². The normalized spacial score (nSPS) is 16.0. The SMILES string of the molecule is [B]C(CCC)C(CC)c1cccc(N(C)C([B])([B])C([B])O)c1. The first-order valence-electron chi connectivity index (χ1n) is 7.86. The van der Waals surface area contributed by atoms with Crippen molar-refractivity contribution in [3.63, 3.8) is 0 Å². The van der Waals surface area contributed by atoms with Crippen LogP contribution in [0.3, 0.4) is 0 Å². The Labute approximate surface area is 140 Å². The third-order valence-electron chi connectivity index (χ3n) is 4.32. The number of hydrogen-bond acceptors (Lipinski definition) is 2. The van der Waals surface area contributed by atoms with Crippen molar-refractivity contribution >= 4 is 37.1 Å². The molecule has 0 aliphatic carbocycles. The summed E-state index contributed by atoms with van der Waals surface area (Å²) >= 11 is 0. The molecule has 1 rings (SSSR count). The third kappa shape index (κ3) is 4.38. The zero-order chi connectivity index (χ0) is 16.9. The van der Waals surface area contributed by atoms with Gasteiger partial charge in [-0.2, -0.15) is 0 Å². The van der Waals surface area contributed by atoms with Gasteiger partial charge in [-0.05, 0) is 35.4 Å². The van der Waals surface area contributed by atoms with Gasteiger partial charge >= 0.3 is 0 Å². The number of nitrogens with zero attached hydrogens (tertiary/aromatic N) is 1. The van der Waals surface area contributed by atoms with E-state index in [2.05, 4.69) is 19.9 Å². The molecule has 1 aromatic rings. The highest BCUT2D eigenvalue weighted by molar-refractivity contribution is 6.45. The summed E-state index contributed by atoms with van der Waals surface area (Å²) in [7, 11) is 25.3. The molecular weight excluding hydrogens is 265 g/mol. The van der Waals surface area contributed by atoms with E-state index in [0.717, 1.165) is 30.5 Å². The van der Waals surface area contributed by atoms with Gasteiger partial charge in [-0.1, -0.05) is 44.6 Å². The maximum Gasteiger partial charge on any atom is 0.109 e. The van der Waals surface area contributed by atoms with Crippen LogP contribution in [-0.4, -0.2) is 54.9 Å². The molecule has 1 N–H and O–H groups in total. The topological polar surface area (TPSA) is 23.5 Å². The van der Waals surface area contributed by atoms with E-state index in [4.69, 9.17) is 31.4 Å². The molecule has 0 aliphatic heterocycles. The third-order valence-corrected chi connectivity index (χ3v) is 4.32. The summed E-state index contributed by atoms with van der Waals surface area (Å²) in [5, 5.41) is 8.02. The maximum absolute atomic E-state index is 9.56. The lowest BCUT2D eigenvalue weighted by Gasteiger charge is -2.42. The van der Waals surface area contributed by atoms with Gasteiger partial charge in [0.1, 0.15) is 7.85 Å². The summed E-state index contributed by atoms with van der Waals surface area (Å²) in [6.07, 6.45) is 3.01. The van der Waals surface area contributed by atoms with Gasteiger partial charge < -0.3 is 10.0 Å². The van der Waals surface area contributed by atoms with Gasteiger partial charge in [0.05, 0.1) is 23.5 Å². The van der Waals surface area contributed by atoms with Gasteiger partial charge in [0.2, 0.25) is 0 Å². The molecule has 8 radical (unpaired) electrons. The molecule has 0 saturated heterocycles. The van der Waals surface area contributed by atoms with E-state index in [1.54, 1.807) is 11.9 Å². The highest BCUT2D eigenvalue weighted by atomic mass is 16.3. The highest BCUT2D eigenvalue weighted by Crippen LogP contribution is 2.35. The highest BCUT2D eigenvalue weighted by Gasteiger charge is 2.28. The smallest absolute Gasteiger partial charge is 0.109 e. The predicted octanol–water partition coefficient (Wildman–Crippen LogP) is 1.85. The average molecular weight is 289 g/mol. The number of benzene rings is 1. The van der Waals surface area contributed by atoms with Crippen LogP contribution in [-0.2, 0) is 0 Å². The van der Waals surface area contributed by atoms with Crippen LogP contribution in [0.4, 0.5) is 5.69 Å². The lowest BCUT2D eigenvalue weighted by Crippen LogP contribution is -2.57. The lowest BCUT2D eigenvalue weighted by molar-refractivity contribution is 0.234. The van der Waals surface area contributed by atoms with Crippen LogP contribution in [0.25, 0.3) is 0 Å². The van der Waals surface area contributed by atoms with Crippen molar-refractivity contribution in [2.24, 2.45) is 0 Å². The Kier molecular flexibility index (Phi) is 7.18. The molecule has 0 amide bonds. The summed E-state index contributed by atoms with van der Waals surface area (Å²) in [4.78, 5) is 1.58. The Morgan fingerprint density at radius 1 is 1.23 bits per heavy atom. The molecule has 0 aromatic heterocycles. The standard InChI is InChI=1S/C16H23B4NO/c1-4-7-14(17)13(5-2)11-8-6-9-12(10-11)21(3)16(19,20)15(18)22/h6,8-10,13-15,22H,4-5,7H2,1-3H3. The Bertz CT molecular complexity index is 467. The Morgan fingerprint density at radius 2 is 1.86 bits per heavy atom. The van der Waals surface area contributed by atoms with Crippen molar-refractivity contribution in [3.05, 3.63) is 29.8 Å². The van der Waals surface area contributed by atoms with Crippen LogP contribution < -0.4 is 4.90 Å². The minimum Gasteiger partial charge on any atom is -0.402 e. The number of likely N-dealkylation sites (N-methyl/N-ethyl adjacent to an activating group) is 1. The first kappa shape index (κ1) is 19.3. The number of anilines is 1. The van der Waals surface area contributed by atoms with Crippen molar-refractivity contribution in [1.29, 1.82) is 0 Å². The molecule has 0 heterocycles. The second-order valence-corrected chi connectivity index (χ2v) is 5.95. The number of rotatable bonds is 8. The number of hydrogen-bond donors (Lipinski definition) is 1. The monoisotopic (exact) mass is 289 g/mol. The molecule has 0 fully saturated rings. The minimum atomic E-state index is -1.54. The molecule has 0 spiro atoms. The molecule has 6 heteroatoms. The molecule has 110 valence electrons. The van der Waals surface area contributed by atoms with E-state index in [9.17, 15) is 5.11 Å². The van der Waals surface area contributed by atoms with E-state index >= 15 is 0 Å². The molecular formula is C16H23B4NO. The van der Waals surface area contributed by atoms with Gasteiger partial charge in [-0.3, -0.25) is 0 Å². The molecule has 3 atom stereocenters. The Morgan fingerprint density at radius 3 is 2.36 bits per heavy atom. The Hall–Kier alpha value is -0.760. The van der Waals surface area contributed by atoms with Gasteiger partial charge in [-0.25, -0.2) is 0 Å². The quantitative estimate of drug-likeness (QED) is 0.738. The fourth-order valence-electron chi connectivity index (χ4n) is 2.71. The summed E-state index contributed by atoms with van der Waals surface area (Å²) in [6.45, 7) is 4.27. The Balaban J connectivity index is 3.07. The summed E-state index contributed by atoms with van der Waals surface area (Å²) in [6, 6.07) is 6.56. The minimum absolute atomic E-state index is 0.121. The molecule has 0 bridgehead atoms. The van der Waals surface area contributed by atoms with Gasteiger partial charge in [0, 0.05) is 18.7 Å². The van der Waals surface area contributed by atoms with E-state index in [1.165, 1.54) is 0 Å². The van der Waals surface area contributed by atoms with Crippen LogP contribution in [0.15, 0.2) is 24.3 Å². The number of aliphatic hydroxyl groups is 1. The zero-order valence-electron chi connectivity index (χ0n) is 13.9. The van der Waals surface area contributed by atoms with E-state index in [1.807, 2.05) is 18.2 Å². The second-order valence-electron chi connectivity index (χ2n) is 5.95. The largest absolute Gasteiger partial charge is 0.402 e. The van der Waals surface area contributed by atoms with Crippen molar-refractivity contribution in [2.45, 2.75) is 56.2 Å². The second kappa shape index (κ2) is 8.19. The summed E-state index contributed by atoms with van der Waals surface area (Å²) in [5.74, 6) is 0.400. The van der Waals surface area contributed by atoms with Crippen molar-refractivity contribution < 1.29 is 5.11 Å². The molecule has 3 unspecified atom stereocenters. The van der Waals surface area contributed by atoms with E-state index in [-0.39, 0.29) is 11.7 Å². The van der Waals surface area contributed by atoms with E-state index < -0.39 is 11.3 Å². The first-order valence-corrected chi connectivity index (χ1v) is 7.86. The van der Waals surface area contributed by atoms with Crippen LogP contribution >= 0.6 is 0 Å². The van der Waals surface area contributed by atoms with Crippen LogP contribution in [0.2, 0.25) is 5.82 Å². The van der Waals surface area contributed by atoms with Crippen LogP contribution in [0, 0.1) is 0 Å². The number of aliphatic hydroxyl groups excluding tert-OH is 1. The van der Waals surface area contributed by atoms with Crippen molar-refractivity contribution in [2.75, 3.05) is 11.9 Å². The van der Waals surface area contributed by atoms with Crippen LogP contribution in [0.5, 0.6) is 0 Å². The van der Waals surface area contributed by atoms with Crippen LogP contribution in [0.1, 0.15) is 44.6 Å². The molecule has 0 saturated carbocycles. The average Bonchev–Trinajstić information content (AvgIpc) is 2.47. The lowest BCUT2D eigenvalue weighted by atomic mass is 9.53. The fourth-order valence-corrected chi connectivity index (χ4v) is 2.71. The molecule has 0 aliphatic rings. The summed E-state index contributed by atoms with van der Waals surface area (Å²) in [5.41, 5.74) is 1.95. The molecule has 1 aromatic carbocycles. The van der Waals surface area contributed by atoms with Crippen molar-refractivity contribution in [1.82, 2.24) is 0 Å². The predicted molar refractivity (Wildman–Crippen MR) is 98.3 cm³/mol. The van der Waals surface area contributed by atoms with Gasteiger partial charge in [-0.15, -0.1) is 0 Å². The summed E-state index contributed by atoms with van der Waals surface area (Å²) < 4.78 is 0. The van der Waals surface area contributed by atoms with Gasteiger partial charge in [0.15, 0.2) is 0 Å². The molecule has 2 nitrogen and oxygen atoms in total. The fraction of sp³-hybridized carbons (Fsp3) is 0.625. The first-order chi connectivity index (χ1) is 10.3. The van der Waals surface area contributed by atoms with E-state index in [0.29, 0.717) is 0 Å². The molecule has 22 heavy (non-hydrogen) atoms. The zero-order valence-corrected chi connectivity index (χ0v) is 13.9. The maximum atomic E-state index is 9.56.